The molecule has 0 heterocycles. The van der Waals surface area contributed by atoms with E-state index in [1.807, 2.05) is 42.5 Å². The quantitative estimate of drug-likeness (QED) is 0.864. The van der Waals surface area contributed by atoms with Gasteiger partial charge in [-0.15, -0.1) is 0 Å². The zero-order valence-corrected chi connectivity index (χ0v) is 12.9. The molecule has 0 aromatic heterocycles. The van der Waals surface area contributed by atoms with E-state index in [1.54, 1.807) is 0 Å². The monoisotopic (exact) mass is 329 g/mol. The van der Waals surface area contributed by atoms with Crippen LogP contribution < -0.4 is 10.6 Å². The third-order valence-corrected chi connectivity index (χ3v) is 3.71. The molecule has 0 saturated heterocycles. The number of nitrogens with zero attached hydrogens (tertiary/aromatic N) is 2. The van der Waals surface area contributed by atoms with Gasteiger partial charge in [0.25, 0.3) is 0 Å². The lowest BCUT2D eigenvalue weighted by Gasteiger charge is -2.25. The molecule has 102 valence electrons. The highest BCUT2D eigenvalue weighted by Crippen LogP contribution is 2.26. The molecule has 0 amide bonds. The summed E-state index contributed by atoms with van der Waals surface area (Å²) in [7, 11) is 0. The van der Waals surface area contributed by atoms with Crippen LogP contribution in [0.1, 0.15) is 18.1 Å². The van der Waals surface area contributed by atoms with Gasteiger partial charge in [0.05, 0.1) is 11.3 Å². The largest absolute Gasteiger partial charge is 0.398 e. The fraction of sp³-hybridized carbons (Fsp3) is 0.188. The van der Waals surface area contributed by atoms with Crippen molar-refractivity contribution in [3.63, 3.8) is 0 Å². The highest BCUT2D eigenvalue weighted by Gasteiger charge is 2.12. The van der Waals surface area contributed by atoms with E-state index in [-0.39, 0.29) is 0 Å². The maximum absolute atomic E-state index is 9.29. The molecule has 0 aliphatic carbocycles. The first-order chi connectivity index (χ1) is 9.65. The number of anilines is 2. The average Bonchev–Trinajstić information content (AvgIpc) is 2.46. The summed E-state index contributed by atoms with van der Waals surface area (Å²) in [5.74, 6) is 0. The molecule has 2 aromatic rings. The highest BCUT2D eigenvalue weighted by atomic mass is 79.9. The minimum atomic E-state index is 0.663. The van der Waals surface area contributed by atoms with E-state index in [0.29, 0.717) is 12.1 Å². The van der Waals surface area contributed by atoms with Crippen LogP contribution in [0.4, 0.5) is 11.4 Å². The molecule has 3 nitrogen and oxygen atoms in total. The van der Waals surface area contributed by atoms with Crippen LogP contribution in [0.15, 0.2) is 46.9 Å². The summed E-state index contributed by atoms with van der Waals surface area (Å²) < 4.78 is 0.910. The first kappa shape index (κ1) is 14.4. The average molecular weight is 330 g/mol. The Bertz CT molecular complexity index is 646. The minimum absolute atomic E-state index is 0.663. The Hall–Kier alpha value is -1.99. The molecule has 0 radical (unpaired) electrons. The second kappa shape index (κ2) is 6.44. The van der Waals surface area contributed by atoms with Crippen LogP contribution in [0, 0.1) is 11.3 Å². The molecule has 0 unspecified atom stereocenters. The molecule has 20 heavy (non-hydrogen) atoms. The van der Waals surface area contributed by atoms with Gasteiger partial charge >= 0.3 is 0 Å². The van der Waals surface area contributed by atoms with E-state index in [2.05, 4.69) is 33.8 Å². The Morgan fingerprint density at radius 1 is 1.25 bits per heavy atom. The molecule has 0 saturated carbocycles. The van der Waals surface area contributed by atoms with Crippen molar-refractivity contribution in [1.29, 1.82) is 5.26 Å². The van der Waals surface area contributed by atoms with Gasteiger partial charge < -0.3 is 10.6 Å². The Labute approximate surface area is 127 Å². The lowest BCUT2D eigenvalue weighted by molar-refractivity contribution is 0.832. The van der Waals surface area contributed by atoms with Gasteiger partial charge in [-0.05, 0) is 36.8 Å². The molecule has 4 heteroatoms. The van der Waals surface area contributed by atoms with Crippen molar-refractivity contribution in [3.8, 4) is 6.07 Å². The summed E-state index contributed by atoms with van der Waals surface area (Å²) >= 11 is 3.40. The topological polar surface area (TPSA) is 53.0 Å². The number of hydrogen-bond donors (Lipinski definition) is 1. The molecule has 0 aliphatic heterocycles. The number of para-hydroxylation sites is 1. The van der Waals surface area contributed by atoms with Crippen LogP contribution in [-0.2, 0) is 6.54 Å². The maximum Gasteiger partial charge on any atom is 0.101 e. The zero-order valence-electron chi connectivity index (χ0n) is 11.3. The zero-order chi connectivity index (χ0) is 14.5. The van der Waals surface area contributed by atoms with Gasteiger partial charge in [0, 0.05) is 23.2 Å². The maximum atomic E-state index is 9.29. The van der Waals surface area contributed by atoms with Gasteiger partial charge in [0.2, 0.25) is 0 Å². The van der Waals surface area contributed by atoms with Crippen LogP contribution in [0.5, 0.6) is 0 Å². The fourth-order valence-electron chi connectivity index (χ4n) is 2.12. The van der Waals surface area contributed by atoms with E-state index in [9.17, 15) is 5.26 Å². The van der Waals surface area contributed by atoms with Crippen molar-refractivity contribution in [2.45, 2.75) is 13.5 Å². The van der Waals surface area contributed by atoms with E-state index in [1.165, 1.54) is 0 Å². The lowest BCUT2D eigenvalue weighted by Crippen LogP contribution is -2.23. The Morgan fingerprint density at radius 3 is 2.65 bits per heavy atom. The van der Waals surface area contributed by atoms with Gasteiger partial charge in [0.1, 0.15) is 6.07 Å². The first-order valence-corrected chi connectivity index (χ1v) is 7.23. The van der Waals surface area contributed by atoms with Gasteiger partial charge in [-0.1, -0.05) is 34.1 Å². The van der Waals surface area contributed by atoms with Gasteiger partial charge in [-0.25, -0.2) is 0 Å². The number of halogens is 1. The van der Waals surface area contributed by atoms with Crippen LogP contribution in [0.25, 0.3) is 0 Å². The number of hydrogen-bond acceptors (Lipinski definition) is 3. The Kier molecular flexibility index (Phi) is 4.65. The molecule has 0 atom stereocenters. The third-order valence-electron chi connectivity index (χ3n) is 3.22. The standard InChI is InChI=1S/C16H16BrN3/c1-2-20(11-12-5-3-4-6-15(12)19)16-8-7-14(17)9-13(16)10-18/h3-9H,2,11,19H2,1H3. The summed E-state index contributed by atoms with van der Waals surface area (Å²) in [4.78, 5) is 2.15. The van der Waals surface area contributed by atoms with Gasteiger partial charge in [-0.3, -0.25) is 0 Å². The molecule has 0 spiro atoms. The second-order valence-electron chi connectivity index (χ2n) is 4.49. The van der Waals surface area contributed by atoms with Crippen molar-refractivity contribution in [3.05, 3.63) is 58.1 Å². The predicted octanol–water partition coefficient (Wildman–Crippen LogP) is 3.93. The number of rotatable bonds is 4. The normalized spacial score (nSPS) is 10.1. The summed E-state index contributed by atoms with van der Waals surface area (Å²) in [5.41, 5.74) is 9.44. The minimum Gasteiger partial charge on any atom is -0.398 e. The van der Waals surface area contributed by atoms with E-state index in [4.69, 9.17) is 5.73 Å². The molecule has 2 rings (SSSR count). The fourth-order valence-corrected chi connectivity index (χ4v) is 2.49. The van der Waals surface area contributed by atoms with Crippen LogP contribution in [0.3, 0.4) is 0 Å². The molecule has 0 fully saturated rings. The number of nitrogen functional groups attached to an aromatic ring is 1. The molecule has 2 N–H and O–H groups in total. The van der Waals surface area contributed by atoms with Crippen molar-refractivity contribution in [1.82, 2.24) is 0 Å². The van der Waals surface area contributed by atoms with Crippen LogP contribution in [0.2, 0.25) is 0 Å². The van der Waals surface area contributed by atoms with E-state index in [0.717, 1.165) is 28.0 Å². The van der Waals surface area contributed by atoms with Crippen molar-refractivity contribution >= 4 is 27.3 Å². The first-order valence-electron chi connectivity index (χ1n) is 6.43. The molecule has 0 aliphatic rings. The van der Waals surface area contributed by atoms with Crippen LogP contribution in [-0.4, -0.2) is 6.54 Å². The van der Waals surface area contributed by atoms with Crippen molar-refractivity contribution in [2.24, 2.45) is 0 Å². The SMILES string of the molecule is CCN(Cc1ccccc1N)c1ccc(Br)cc1C#N. The number of nitrogens with two attached hydrogens (primary N) is 1. The predicted molar refractivity (Wildman–Crippen MR) is 86.4 cm³/mol. The van der Waals surface area contributed by atoms with Crippen molar-refractivity contribution < 1.29 is 0 Å². The van der Waals surface area contributed by atoms with Gasteiger partial charge in [0.15, 0.2) is 0 Å². The van der Waals surface area contributed by atoms with Gasteiger partial charge in [-0.2, -0.15) is 5.26 Å². The number of nitriles is 1. The lowest BCUT2D eigenvalue weighted by atomic mass is 10.1. The summed E-state index contributed by atoms with van der Waals surface area (Å²) in [5, 5.41) is 9.29. The highest BCUT2D eigenvalue weighted by molar-refractivity contribution is 9.10. The summed E-state index contributed by atoms with van der Waals surface area (Å²) in [6.45, 7) is 3.58. The molecule has 2 aromatic carbocycles. The van der Waals surface area contributed by atoms with E-state index >= 15 is 0 Å². The summed E-state index contributed by atoms with van der Waals surface area (Å²) in [6, 6.07) is 15.8. The molecule has 0 bridgehead atoms. The molecular weight excluding hydrogens is 314 g/mol. The smallest absolute Gasteiger partial charge is 0.101 e. The molecular formula is C16H16BrN3. The third kappa shape index (κ3) is 3.12. The van der Waals surface area contributed by atoms with Crippen molar-refractivity contribution in [2.75, 3.05) is 17.2 Å². The summed E-state index contributed by atoms with van der Waals surface area (Å²) in [6.07, 6.45) is 0. The second-order valence-corrected chi connectivity index (χ2v) is 5.40. The Balaban J connectivity index is 2.34. The number of benzene rings is 2. The van der Waals surface area contributed by atoms with Crippen LogP contribution >= 0.6 is 15.9 Å². The van der Waals surface area contributed by atoms with E-state index < -0.39 is 0 Å². The Morgan fingerprint density at radius 2 is 2.00 bits per heavy atom.